The van der Waals surface area contributed by atoms with Crippen LogP contribution in [-0.4, -0.2) is 39.2 Å². The second kappa shape index (κ2) is 8.96. The van der Waals surface area contributed by atoms with Crippen LogP contribution in [0.25, 0.3) is 5.82 Å². The lowest BCUT2D eigenvalue weighted by molar-refractivity contribution is -0.117. The first-order chi connectivity index (χ1) is 16.2. The zero-order valence-corrected chi connectivity index (χ0v) is 17.7. The molecule has 8 heteroatoms. The van der Waals surface area contributed by atoms with E-state index in [0.29, 0.717) is 23.7 Å². The minimum atomic E-state index is -0.281. The summed E-state index contributed by atoms with van der Waals surface area (Å²) >= 11 is 0. The maximum atomic E-state index is 12.6. The Kier molecular flexibility index (Phi) is 5.55. The van der Waals surface area contributed by atoms with Gasteiger partial charge >= 0.3 is 0 Å². The molecule has 8 nitrogen and oxygen atoms in total. The van der Waals surface area contributed by atoms with Gasteiger partial charge in [-0.05, 0) is 54.6 Å². The molecule has 0 spiro atoms. The lowest BCUT2D eigenvalue weighted by Crippen LogP contribution is -2.37. The van der Waals surface area contributed by atoms with Crippen molar-refractivity contribution in [3.8, 4) is 17.3 Å². The van der Waals surface area contributed by atoms with Crippen molar-refractivity contribution >= 4 is 17.5 Å². The van der Waals surface area contributed by atoms with E-state index in [9.17, 15) is 9.59 Å². The van der Waals surface area contributed by atoms with Crippen LogP contribution in [0, 0.1) is 0 Å². The molecular weight excluding hydrogens is 418 g/mol. The van der Waals surface area contributed by atoms with E-state index in [4.69, 9.17) is 4.74 Å². The molecule has 4 aromatic rings. The average Bonchev–Trinajstić information content (AvgIpc) is 3.51. The zero-order chi connectivity index (χ0) is 22.6. The Morgan fingerprint density at radius 1 is 0.970 bits per heavy atom. The number of hydrogen-bond acceptors (Lipinski definition) is 5. The van der Waals surface area contributed by atoms with Gasteiger partial charge in [0.15, 0.2) is 5.82 Å². The van der Waals surface area contributed by atoms with Crippen LogP contribution < -0.4 is 15.0 Å². The molecule has 2 aromatic carbocycles. The van der Waals surface area contributed by atoms with Gasteiger partial charge in [-0.3, -0.25) is 9.59 Å². The number of nitrogens with zero attached hydrogens (tertiary/aromatic N) is 4. The van der Waals surface area contributed by atoms with Crippen LogP contribution in [0.4, 0.5) is 5.69 Å². The minimum Gasteiger partial charge on any atom is -0.457 e. The molecule has 0 radical (unpaired) electrons. The fourth-order valence-electron chi connectivity index (χ4n) is 3.70. The van der Waals surface area contributed by atoms with Crippen LogP contribution in [0.3, 0.4) is 0 Å². The third kappa shape index (κ3) is 4.59. The standard InChI is InChI=1S/C25H21N5O3/c31-24-15-19(28-25(32)18-7-12-23(26-16-18)30-14-4-13-27-30)17-29(24)20-8-10-22(11-9-20)33-21-5-2-1-3-6-21/h1-14,16,19H,15,17H2,(H,28,32). The summed E-state index contributed by atoms with van der Waals surface area (Å²) < 4.78 is 7.42. The summed E-state index contributed by atoms with van der Waals surface area (Å²) in [6.07, 6.45) is 5.19. The van der Waals surface area contributed by atoms with Crippen molar-refractivity contribution in [2.45, 2.75) is 12.5 Å². The van der Waals surface area contributed by atoms with E-state index >= 15 is 0 Å². The van der Waals surface area contributed by atoms with E-state index in [2.05, 4.69) is 15.4 Å². The summed E-state index contributed by atoms with van der Waals surface area (Å²) in [5.41, 5.74) is 1.20. The molecule has 1 fully saturated rings. The molecule has 1 atom stereocenters. The van der Waals surface area contributed by atoms with Gasteiger partial charge in [0.2, 0.25) is 5.91 Å². The molecule has 0 aliphatic carbocycles. The molecular formula is C25H21N5O3. The fraction of sp³-hybridized carbons (Fsp3) is 0.120. The minimum absolute atomic E-state index is 0.0378. The molecule has 1 unspecified atom stereocenters. The molecule has 3 heterocycles. The van der Waals surface area contributed by atoms with Crippen molar-refractivity contribution in [2.75, 3.05) is 11.4 Å². The van der Waals surface area contributed by atoms with Gasteiger partial charge < -0.3 is 15.0 Å². The van der Waals surface area contributed by atoms with Crippen LogP contribution in [-0.2, 0) is 4.79 Å². The van der Waals surface area contributed by atoms with Crippen molar-refractivity contribution < 1.29 is 14.3 Å². The highest BCUT2D eigenvalue weighted by Gasteiger charge is 2.31. The van der Waals surface area contributed by atoms with Gasteiger partial charge in [-0.25, -0.2) is 9.67 Å². The first kappa shape index (κ1) is 20.4. The first-order valence-corrected chi connectivity index (χ1v) is 10.6. The molecule has 0 bridgehead atoms. The summed E-state index contributed by atoms with van der Waals surface area (Å²) in [4.78, 5) is 31.2. The summed E-state index contributed by atoms with van der Waals surface area (Å²) in [6.45, 7) is 0.405. The predicted octanol–water partition coefficient (Wildman–Crippen LogP) is 3.59. The summed E-state index contributed by atoms with van der Waals surface area (Å²) in [6, 6.07) is 21.8. The van der Waals surface area contributed by atoms with Crippen molar-refractivity contribution in [3.63, 3.8) is 0 Å². The number of benzene rings is 2. The highest BCUT2D eigenvalue weighted by atomic mass is 16.5. The summed E-state index contributed by atoms with van der Waals surface area (Å²) in [5.74, 6) is 1.76. The number of hydrogen-bond donors (Lipinski definition) is 1. The van der Waals surface area contributed by atoms with Gasteiger partial charge in [0, 0.05) is 37.2 Å². The zero-order valence-electron chi connectivity index (χ0n) is 17.7. The van der Waals surface area contributed by atoms with Gasteiger partial charge in [0.1, 0.15) is 11.5 Å². The fourth-order valence-corrected chi connectivity index (χ4v) is 3.70. The SMILES string of the molecule is O=C(NC1CC(=O)N(c2ccc(Oc3ccccc3)cc2)C1)c1ccc(-n2cccn2)nc1. The molecule has 1 aliphatic heterocycles. The third-order valence-electron chi connectivity index (χ3n) is 5.34. The molecule has 2 amide bonds. The maximum absolute atomic E-state index is 12.6. The number of rotatable bonds is 6. The molecule has 1 aliphatic rings. The van der Waals surface area contributed by atoms with Gasteiger partial charge in [0.05, 0.1) is 11.6 Å². The first-order valence-electron chi connectivity index (χ1n) is 10.6. The number of aromatic nitrogens is 3. The van der Waals surface area contributed by atoms with Gasteiger partial charge in [0.25, 0.3) is 5.91 Å². The third-order valence-corrected chi connectivity index (χ3v) is 5.34. The van der Waals surface area contributed by atoms with Crippen LogP contribution in [0.1, 0.15) is 16.8 Å². The van der Waals surface area contributed by atoms with Gasteiger partial charge in [-0.1, -0.05) is 18.2 Å². The van der Waals surface area contributed by atoms with E-state index in [0.717, 1.165) is 11.4 Å². The predicted molar refractivity (Wildman–Crippen MR) is 123 cm³/mol. The molecule has 1 N–H and O–H groups in total. The second-order valence-corrected chi connectivity index (χ2v) is 7.64. The van der Waals surface area contributed by atoms with Crippen LogP contribution in [0.2, 0.25) is 0 Å². The van der Waals surface area contributed by atoms with Crippen molar-refractivity contribution in [1.29, 1.82) is 0 Å². The Morgan fingerprint density at radius 2 is 1.76 bits per heavy atom. The Bertz CT molecular complexity index is 1240. The molecule has 5 rings (SSSR count). The number of carbonyl (C=O) groups excluding carboxylic acids is 2. The average molecular weight is 439 g/mol. The Labute approximate surface area is 190 Å². The highest BCUT2D eigenvalue weighted by molar-refractivity contribution is 5.98. The molecule has 164 valence electrons. The number of ether oxygens (including phenoxy) is 1. The van der Waals surface area contributed by atoms with Crippen molar-refractivity contribution in [1.82, 2.24) is 20.1 Å². The van der Waals surface area contributed by atoms with E-state index in [1.54, 1.807) is 40.2 Å². The number of pyridine rings is 1. The monoisotopic (exact) mass is 439 g/mol. The molecule has 33 heavy (non-hydrogen) atoms. The lowest BCUT2D eigenvalue weighted by Gasteiger charge is -2.18. The van der Waals surface area contributed by atoms with Crippen LogP contribution in [0.15, 0.2) is 91.4 Å². The molecule has 0 saturated carbocycles. The Hall–Kier alpha value is -4.46. The number of anilines is 1. The quantitative estimate of drug-likeness (QED) is 0.496. The number of nitrogens with one attached hydrogen (secondary N) is 1. The highest BCUT2D eigenvalue weighted by Crippen LogP contribution is 2.27. The second-order valence-electron chi connectivity index (χ2n) is 7.64. The molecule has 2 aromatic heterocycles. The van der Waals surface area contributed by atoms with E-state index < -0.39 is 0 Å². The number of carbonyl (C=O) groups is 2. The van der Waals surface area contributed by atoms with Crippen molar-refractivity contribution in [2.24, 2.45) is 0 Å². The van der Waals surface area contributed by atoms with Crippen LogP contribution >= 0.6 is 0 Å². The van der Waals surface area contributed by atoms with Crippen molar-refractivity contribution in [3.05, 3.63) is 97.0 Å². The number of para-hydroxylation sites is 1. The van der Waals surface area contributed by atoms with E-state index in [-0.39, 0.29) is 24.3 Å². The lowest BCUT2D eigenvalue weighted by atomic mass is 10.2. The van der Waals surface area contributed by atoms with Crippen LogP contribution in [0.5, 0.6) is 11.5 Å². The smallest absolute Gasteiger partial charge is 0.253 e. The Balaban J connectivity index is 1.20. The summed E-state index contributed by atoms with van der Waals surface area (Å²) in [7, 11) is 0. The van der Waals surface area contributed by atoms with Gasteiger partial charge in [-0.2, -0.15) is 5.10 Å². The summed E-state index contributed by atoms with van der Waals surface area (Å²) in [5, 5.41) is 7.05. The topological polar surface area (TPSA) is 89.4 Å². The molecule has 1 saturated heterocycles. The maximum Gasteiger partial charge on any atom is 0.253 e. The number of amides is 2. The normalized spacial score (nSPS) is 15.5. The van der Waals surface area contributed by atoms with E-state index in [1.807, 2.05) is 54.6 Å². The Morgan fingerprint density at radius 3 is 2.45 bits per heavy atom. The van der Waals surface area contributed by atoms with E-state index in [1.165, 1.54) is 6.20 Å². The van der Waals surface area contributed by atoms with Gasteiger partial charge in [-0.15, -0.1) is 0 Å². The largest absolute Gasteiger partial charge is 0.457 e.